The molecular formula is C30H31N11. The van der Waals surface area contributed by atoms with Crippen LogP contribution in [0.15, 0.2) is 107 Å². The van der Waals surface area contributed by atoms with Gasteiger partial charge in [-0.05, 0) is 91.0 Å². The molecule has 0 aromatic heterocycles. The Labute approximate surface area is 237 Å². The summed E-state index contributed by atoms with van der Waals surface area (Å²) < 4.78 is 0. The zero-order valence-corrected chi connectivity index (χ0v) is 22.1. The first-order valence-corrected chi connectivity index (χ1v) is 12.6. The highest BCUT2D eigenvalue weighted by molar-refractivity contribution is 6.22. The number of hydrogen-bond acceptors (Lipinski definition) is 11. The van der Waals surface area contributed by atoms with Crippen molar-refractivity contribution < 1.29 is 0 Å². The van der Waals surface area contributed by atoms with E-state index in [9.17, 15) is 0 Å². The maximum atomic E-state index is 6.31. The number of rotatable bonds is 6. The highest BCUT2D eigenvalue weighted by Gasteiger charge is 2.10. The highest BCUT2D eigenvalue weighted by Crippen LogP contribution is 2.32. The molecule has 4 aromatic carbocycles. The lowest BCUT2D eigenvalue weighted by Gasteiger charge is -2.13. The Morgan fingerprint density at radius 1 is 0.512 bits per heavy atom. The second-order valence-corrected chi connectivity index (χ2v) is 9.45. The van der Waals surface area contributed by atoms with E-state index in [0.29, 0.717) is 68.3 Å². The Morgan fingerprint density at radius 3 is 1.80 bits per heavy atom. The molecule has 206 valence electrons. The molecule has 16 N–H and O–H groups in total. The quantitative estimate of drug-likeness (QED) is 0.118. The van der Waals surface area contributed by atoms with E-state index in [1.54, 1.807) is 48.6 Å². The summed E-state index contributed by atoms with van der Waals surface area (Å²) in [5.74, 6) is 0. The molecule has 0 spiro atoms. The summed E-state index contributed by atoms with van der Waals surface area (Å²) in [4.78, 5) is 9.29. The standard InChI is InChI=1S/C30H31N11/c31-16-1-7-27(23(34)11-16)39-18-3-9-29(25(36)13-18)41-20-5-10-30(26(37)15-20)40-19-4-8-28(24(35)14-19)38-17-2-6-21(32)22(33)12-17/h1-15,38-39H,31-37H2. The van der Waals surface area contributed by atoms with Gasteiger partial charge < -0.3 is 50.8 Å². The Hall–Kier alpha value is -6.10. The molecule has 11 nitrogen and oxygen atoms in total. The summed E-state index contributed by atoms with van der Waals surface area (Å²) >= 11 is 0. The van der Waals surface area contributed by atoms with Crippen LogP contribution in [-0.2, 0) is 0 Å². The predicted octanol–water partition coefficient (Wildman–Crippen LogP) is 4.92. The molecule has 0 radical (unpaired) electrons. The Kier molecular flexibility index (Phi) is 7.08. The molecule has 5 rings (SSSR count). The van der Waals surface area contributed by atoms with Crippen molar-refractivity contribution in [2.24, 2.45) is 15.7 Å². The molecule has 0 heterocycles. The van der Waals surface area contributed by atoms with E-state index >= 15 is 0 Å². The summed E-state index contributed by atoms with van der Waals surface area (Å²) in [6.45, 7) is 0. The molecule has 4 aromatic rings. The van der Waals surface area contributed by atoms with Crippen LogP contribution in [0.25, 0.3) is 0 Å². The second-order valence-electron chi connectivity index (χ2n) is 9.45. The molecular weight excluding hydrogens is 514 g/mol. The van der Waals surface area contributed by atoms with Gasteiger partial charge in [-0.1, -0.05) is 0 Å². The molecule has 41 heavy (non-hydrogen) atoms. The zero-order valence-electron chi connectivity index (χ0n) is 22.1. The summed E-state index contributed by atoms with van der Waals surface area (Å²) in [5.41, 5.74) is 51.4. The number of allylic oxidation sites excluding steroid dienone is 3. The first kappa shape index (κ1) is 26.5. The van der Waals surface area contributed by atoms with Gasteiger partial charge in [0.1, 0.15) is 0 Å². The third-order valence-electron chi connectivity index (χ3n) is 6.29. The fourth-order valence-corrected chi connectivity index (χ4v) is 4.12. The molecule has 0 atom stereocenters. The first-order chi connectivity index (χ1) is 19.6. The number of hydrogen-bond donors (Lipinski definition) is 9. The zero-order chi connectivity index (χ0) is 29.1. The summed E-state index contributed by atoms with van der Waals surface area (Å²) in [7, 11) is 0. The lowest BCUT2D eigenvalue weighted by atomic mass is 10.1. The molecule has 0 aliphatic heterocycles. The van der Waals surface area contributed by atoms with Crippen LogP contribution in [-0.4, -0.2) is 11.4 Å². The predicted molar refractivity (Wildman–Crippen MR) is 174 cm³/mol. The van der Waals surface area contributed by atoms with E-state index in [4.69, 9.17) is 40.1 Å². The van der Waals surface area contributed by atoms with Crippen molar-refractivity contribution in [3.8, 4) is 0 Å². The van der Waals surface area contributed by atoms with Gasteiger partial charge in [0.15, 0.2) is 0 Å². The largest absolute Gasteiger partial charge is 0.399 e. The minimum atomic E-state index is 0.458. The maximum Gasteiger partial charge on any atom is 0.0867 e. The van der Waals surface area contributed by atoms with Crippen LogP contribution in [0.2, 0.25) is 0 Å². The smallest absolute Gasteiger partial charge is 0.0867 e. The third kappa shape index (κ3) is 6.15. The Morgan fingerprint density at radius 2 is 1.17 bits per heavy atom. The number of nitrogens with two attached hydrogens (primary N) is 7. The van der Waals surface area contributed by atoms with E-state index in [1.165, 1.54) is 0 Å². The topological polar surface area (TPSA) is 231 Å². The fraction of sp³-hybridized carbons (Fsp3) is 0. The van der Waals surface area contributed by atoms with Gasteiger partial charge in [0.05, 0.1) is 68.3 Å². The van der Waals surface area contributed by atoms with Crippen molar-refractivity contribution in [2.75, 3.05) is 45.0 Å². The minimum absolute atomic E-state index is 0.458. The Bertz CT molecular complexity index is 1770. The van der Waals surface area contributed by atoms with Crippen molar-refractivity contribution in [2.45, 2.75) is 0 Å². The van der Waals surface area contributed by atoms with Crippen molar-refractivity contribution in [3.63, 3.8) is 0 Å². The maximum absolute atomic E-state index is 6.31. The van der Waals surface area contributed by atoms with Crippen molar-refractivity contribution in [3.05, 3.63) is 96.7 Å². The lowest BCUT2D eigenvalue weighted by Crippen LogP contribution is -2.15. The lowest BCUT2D eigenvalue weighted by molar-refractivity contribution is 1.41. The molecule has 11 heteroatoms. The van der Waals surface area contributed by atoms with Crippen LogP contribution in [0.4, 0.5) is 68.2 Å². The van der Waals surface area contributed by atoms with E-state index in [1.807, 2.05) is 42.5 Å². The molecule has 1 aliphatic carbocycles. The number of anilines is 10. The van der Waals surface area contributed by atoms with Crippen LogP contribution >= 0.6 is 0 Å². The van der Waals surface area contributed by atoms with Gasteiger partial charge in [-0.15, -0.1) is 0 Å². The number of nitrogen functional groups attached to an aromatic ring is 6. The normalized spacial score (nSPS) is 14.7. The third-order valence-corrected chi connectivity index (χ3v) is 6.29. The monoisotopic (exact) mass is 545 g/mol. The minimum Gasteiger partial charge on any atom is -0.399 e. The van der Waals surface area contributed by atoms with Crippen LogP contribution < -0.4 is 50.8 Å². The highest BCUT2D eigenvalue weighted by atomic mass is 14.9. The van der Waals surface area contributed by atoms with Crippen LogP contribution in [0.5, 0.6) is 0 Å². The van der Waals surface area contributed by atoms with Gasteiger partial charge >= 0.3 is 0 Å². The van der Waals surface area contributed by atoms with Gasteiger partial charge in [-0.2, -0.15) is 0 Å². The number of aliphatic imine (C=N–C) groups is 2. The average Bonchev–Trinajstić information content (AvgIpc) is 2.92. The molecule has 0 bridgehead atoms. The van der Waals surface area contributed by atoms with E-state index < -0.39 is 0 Å². The average molecular weight is 546 g/mol. The van der Waals surface area contributed by atoms with E-state index in [-0.39, 0.29) is 0 Å². The number of benzene rings is 4. The fourth-order valence-electron chi connectivity index (χ4n) is 4.12. The number of nitrogens with one attached hydrogen (secondary N) is 2. The van der Waals surface area contributed by atoms with Crippen LogP contribution in [0, 0.1) is 0 Å². The summed E-state index contributed by atoms with van der Waals surface area (Å²) in [6, 6.07) is 21.5. The molecule has 0 fully saturated rings. The van der Waals surface area contributed by atoms with Crippen LogP contribution in [0.1, 0.15) is 0 Å². The van der Waals surface area contributed by atoms with E-state index in [2.05, 4.69) is 20.6 Å². The molecule has 0 saturated heterocycles. The molecule has 0 saturated carbocycles. The van der Waals surface area contributed by atoms with Gasteiger partial charge in [-0.25, -0.2) is 9.98 Å². The SMILES string of the molecule is NC1=CC(=Nc2ccc(Nc3ccc(N)cc3N)cc2N)C=CC1=Nc1ccc(Nc2ccc(N)c(N)c2)c(N)c1. The summed E-state index contributed by atoms with van der Waals surface area (Å²) in [6.07, 6.45) is 5.36. The van der Waals surface area contributed by atoms with Crippen molar-refractivity contribution >= 4 is 79.7 Å². The first-order valence-electron chi connectivity index (χ1n) is 12.6. The van der Waals surface area contributed by atoms with Crippen LogP contribution in [0.3, 0.4) is 0 Å². The van der Waals surface area contributed by atoms with Gasteiger partial charge in [0, 0.05) is 17.1 Å². The van der Waals surface area contributed by atoms with Crippen molar-refractivity contribution in [1.29, 1.82) is 0 Å². The second kappa shape index (κ2) is 10.9. The van der Waals surface area contributed by atoms with Gasteiger partial charge in [-0.3, -0.25) is 0 Å². The number of nitrogens with zero attached hydrogens (tertiary/aromatic N) is 2. The Balaban J connectivity index is 1.29. The van der Waals surface area contributed by atoms with Gasteiger partial charge in [0.2, 0.25) is 0 Å². The van der Waals surface area contributed by atoms with E-state index in [0.717, 1.165) is 17.1 Å². The van der Waals surface area contributed by atoms with Crippen molar-refractivity contribution in [1.82, 2.24) is 0 Å². The summed E-state index contributed by atoms with van der Waals surface area (Å²) in [5, 5.41) is 6.47. The molecule has 1 aliphatic rings. The molecule has 0 unspecified atom stereocenters. The van der Waals surface area contributed by atoms with Gasteiger partial charge in [0.25, 0.3) is 0 Å². The molecule has 0 amide bonds.